The molecule has 144 valence electrons. The van der Waals surface area contributed by atoms with E-state index in [4.69, 9.17) is 16.6 Å². The molecule has 0 saturated carbocycles. The van der Waals surface area contributed by atoms with Crippen LogP contribution in [0.25, 0.3) is 33.5 Å². The van der Waals surface area contributed by atoms with Crippen molar-refractivity contribution in [3.05, 3.63) is 47.2 Å². The Hall–Kier alpha value is -2.32. The first-order chi connectivity index (χ1) is 13.3. The van der Waals surface area contributed by atoms with Crippen LogP contribution in [-0.2, 0) is 13.2 Å². The van der Waals surface area contributed by atoms with E-state index >= 15 is 0 Å². The van der Waals surface area contributed by atoms with Gasteiger partial charge in [-0.05, 0) is 36.1 Å². The summed E-state index contributed by atoms with van der Waals surface area (Å²) in [5.41, 5.74) is 1.13. The summed E-state index contributed by atoms with van der Waals surface area (Å²) in [6, 6.07) is 8.35. The van der Waals surface area contributed by atoms with E-state index in [1.807, 2.05) is 25.1 Å². The maximum atomic E-state index is 13.0. The van der Waals surface area contributed by atoms with E-state index in [0.717, 1.165) is 27.6 Å². The summed E-state index contributed by atoms with van der Waals surface area (Å²) < 4.78 is 40.7. The summed E-state index contributed by atoms with van der Waals surface area (Å²) in [6.07, 6.45) is -3.32. The Morgan fingerprint density at radius 2 is 1.89 bits per heavy atom. The van der Waals surface area contributed by atoms with Crippen LogP contribution in [0.3, 0.4) is 0 Å². The second kappa shape index (κ2) is 6.93. The van der Waals surface area contributed by atoms with Crippen LogP contribution in [0, 0.1) is 0 Å². The molecule has 0 unspecified atom stereocenters. The molecule has 4 rings (SSSR count). The van der Waals surface area contributed by atoms with Crippen LogP contribution < -0.4 is 0 Å². The number of aryl methyl sites for hydroxylation is 1. The lowest BCUT2D eigenvalue weighted by atomic mass is 10.2. The van der Waals surface area contributed by atoms with Crippen molar-refractivity contribution < 1.29 is 13.2 Å². The molecule has 0 saturated heterocycles. The lowest BCUT2D eigenvalue weighted by Crippen LogP contribution is -2.07. The minimum Gasteiger partial charge on any atom is -0.325 e. The molecule has 0 aliphatic rings. The molecular weight excluding hydrogens is 409 g/mol. The summed E-state index contributed by atoms with van der Waals surface area (Å²) in [6.45, 7) is 2.02. The van der Waals surface area contributed by atoms with E-state index in [0.29, 0.717) is 22.1 Å². The smallest absolute Gasteiger partial charge is 0.325 e. The van der Waals surface area contributed by atoms with Crippen molar-refractivity contribution >= 4 is 45.3 Å². The zero-order chi connectivity index (χ0) is 20.1. The lowest BCUT2D eigenvalue weighted by molar-refractivity contribution is -0.141. The van der Waals surface area contributed by atoms with Gasteiger partial charge in [-0.25, -0.2) is 15.0 Å². The number of alkyl halides is 3. The van der Waals surface area contributed by atoms with Crippen molar-refractivity contribution in [2.45, 2.75) is 18.0 Å². The number of rotatable bonds is 3. The maximum Gasteiger partial charge on any atom is 0.433 e. The summed E-state index contributed by atoms with van der Waals surface area (Å²) in [4.78, 5) is 13.6. The SMILES string of the molecule is CCSc1cc2cc(Cl)ccc2nc1-c1nc2cc(C(F)(F)F)ncc2n1C. The molecule has 28 heavy (non-hydrogen) atoms. The Morgan fingerprint density at radius 1 is 1.11 bits per heavy atom. The number of pyridine rings is 2. The number of hydrogen-bond acceptors (Lipinski definition) is 4. The molecule has 0 N–H and O–H groups in total. The summed E-state index contributed by atoms with van der Waals surface area (Å²) in [5.74, 6) is 1.30. The van der Waals surface area contributed by atoms with Gasteiger partial charge in [0.15, 0.2) is 5.82 Å². The average molecular weight is 423 g/mol. The van der Waals surface area contributed by atoms with E-state index in [1.54, 1.807) is 29.4 Å². The molecule has 1 aromatic carbocycles. The Labute approximate surface area is 167 Å². The van der Waals surface area contributed by atoms with Crippen molar-refractivity contribution in [2.75, 3.05) is 5.75 Å². The molecule has 4 aromatic rings. The monoisotopic (exact) mass is 422 g/mol. The van der Waals surface area contributed by atoms with Gasteiger partial charge in [0.1, 0.15) is 11.4 Å². The minimum absolute atomic E-state index is 0.227. The van der Waals surface area contributed by atoms with Gasteiger partial charge in [0.25, 0.3) is 0 Å². The van der Waals surface area contributed by atoms with E-state index in [9.17, 15) is 13.2 Å². The second-order valence-electron chi connectivity index (χ2n) is 6.16. The molecule has 9 heteroatoms. The van der Waals surface area contributed by atoms with Gasteiger partial charge in [0, 0.05) is 22.4 Å². The highest BCUT2D eigenvalue weighted by molar-refractivity contribution is 7.99. The van der Waals surface area contributed by atoms with Crippen LogP contribution in [0.1, 0.15) is 12.6 Å². The first-order valence-electron chi connectivity index (χ1n) is 8.41. The molecule has 0 aliphatic heterocycles. The highest BCUT2D eigenvalue weighted by Gasteiger charge is 2.33. The number of fused-ring (bicyclic) bond motifs is 2. The van der Waals surface area contributed by atoms with Gasteiger partial charge in [0.2, 0.25) is 0 Å². The normalized spacial score (nSPS) is 12.2. The zero-order valence-corrected chi connectivity index (χ0v) is 16.5. The fourth-order valence-corrected chi connectivity index (χ4v) is 3.98. The second-order valence-corrected chi connectivity index (χ2v) is 7.90. The highest BCUT2D eigenvalue weighted by atomic mass is 35.5. The number of imidazole rings is 1. The van der Waals surface area contributed by atoms with Gasteiger partial charge in [-0.1, -0.05) is 18.5 Å². The van der Waals surface area contributed by atoms with Gasteiger partial charge in [-0.2, -0.15) is 13.2 Å². The average Bonchev–Trinajstić information content (AvgIpc) is 2.97. The number of benzene rings is 1. The summed E-state index contributed by atoms with van der Waals surface area (Å²) in [7, 11) is 1.74. The van der Waals surface area contributed by atoms with Crippen molar-refractivity contribution in [3.8, 4) is 11.5 Å². The van der Waals surface area contributed by atoms with Gasteiger partial charge < -0.3 is 4.57 Å². The molecule has 0 radical (unpaired) electrons. The Bertz CT molecular complexity index is 1200. The van der Waals surface area contributed by atoms with E-state index in [1.165, 1.54) is 6.20 Å². The third-order valence-corrected chi connectivity index (χ3v) is 5.46. The van der Waals surface area contributed by atoms with Crippen LogP contribution in [0.5, 0.6) is 0 Å². The molecular formula is C19H14ClF3N4S. The predicted octanol–water partition coefficient (Wildman–Crippen LogP) is 5.97. The Balaban J connectivity index is 1.95. The zero-order valence-electron chi connectivity index (χ0n) is 14.9. The quantitative estimate of drug-likeness (QED) is 0.382. The molecule has 3 heterocycles. The maximum absolute atomic E-state index is 13.0. The van der Waals surface area contributed by atoms with Crippen molar-refractivity contribution in [2.24, 2.45) is 7.05 Å². The third-order valence-electron chi connectivity index (χ3n) is 4.31. The first kappa shape index (κ1) is 19.0. The highest BCUT2D eigenvalue weighted by Crippen LogP contribution is 2.35. The fourth-order valence-electron chi connectivity index (χ4n) is 3.01. The standard InChI is InChI=1S/C19H14ClF3N4S/c1-3-28-15-7-10-6-11(20)4-5-12(10)25-17(15)18-26-13-8-16(19(21,22)23)24-9-14(13)27(18)2/h4-9H,3H2,1-2H3. The predicted molar refractivity (Wildman–Crippen MR) is 106 cm³/mol. The number of hydrogen-bond donors (Lipinski definition) is 0. The Morgan fingerprint density at radius 3 is 2.61 bits per heavy atom. The number of halogens is 4. The molecule has 3 aromatic heterocycles. The fraction of sp³-hybridized carbons (Fsp3) is 0.211. The van der Waals surface area contributed by atoms with E-state index in [2.05, 4.69) is 9.97 Å². The van der Waals surface area contributed by atoms with Gasteiger partial charge in [-0.15, -0.1) is 11.8 Å². The number of aromatic nitrogens is 4. The molecule has 0 bridgehead atoms. The van der Waals surface area contributed by atoms with Crippen LogP contribution in [0.4, 0.5) is 13.2 Å². The van der Waals surface area contributed by atoms with Crippen LogP contribution in [-0.4, -0.2) is 25.3 Å². The van der Waals surface area contributed by atoms with Crippen LogP contribution >= 0.6 is 23.4 Å². The van der Waals surface area contributed by atoms with Crippen molar-refractivity contribution in [1.29, 1.82) is 0 Å². The van der Waals surface area contributed by atoms with Gasteiger partial charge in [0.05, 0.1) is 22.7 Å². The topological polar surface area (TPSA) is 43.6 Å². The number of nitrogens with zero attached hydrogens (tertiary/aromatic N) is 4. The van der Waals surface area contributed by atoms with Crippen molar-refractivity contribution in [1.82, 2.24) is 19.5 Å². The minimum atomic E-state index is -4.52. The summed E-state index contributed by atoms with van der Waals surface area (Å²) >= 11 is 7.67. The van der Waals surface area contributed by atoms with Crippen LogP contribution in [0.15, 0.2) is 41.4 Å². The van der Waals surface area contributed by atoms with Gasteiger partial charge in [-0.3, -0.25) is 0 Å². The van der Waals surface area contributed by atoms with Gasteiger partial charge >= 0.3 is 6.18 Å². The molecule has 0 amide bonds. The van der Waals surface area contributed by atoms with Crippen LogP contribution in [0.2, 0.25) is 5.02 Å². The lowest BCUT2D eigenvalue weighted by Gasteiger charge is -2.10. The largest absolute Gasteiger partial charge is 0.433 e. The third kappa shape index (κ3) is 3.31. The van der Waals surface area contributed by atoms with E-state index in [-0.39, 0.29) is 5.52 Å². The summed E-state index contributed by atoms with van der Waals surface area (Å²) in [5, 5.41) is 1.51. The first-order valence-corrected chi connectivity index (χ1v) is 9.77. The molecule has 0 spiro atoms. The van der Waals surface area contributed by atoms with Crippen molar-refractivity contribution in [3.63, 3.8) is 0 Å². The number of thioether (sulfide) groups is 1. The molecule has 0 fully saturated rings. The Kier molecular flexibility index (Phi) is 4.71. The molecule has 4 nitrogen and oxygen atoms in total. The molecule has 0 atom stereocenters. The van der Waals surface area contributed by atoms with E-state index < -0.39 is 11.9 Å². The molecule has 0 aliphatic carbocycles.